The first-order chi connectivity index (χ1) is 10.8. The second kappa shape index (κ2) is 4.44. The van der Waals surface area contributed by atoms with Crippen molar-refractivity contribution < 1.29 is 0 Å². The highest BCUT2D eigenvalue weighted by molar-refractivity contribution is 5.88. The van der Waals surface area contributed by atoms with Gasteiger partial charge in [0.05, 0.1) is 5.39 Å². The quantitative estimate of drug-likeness (QED) is 0.853. The minimum atomic E-state index is 0.423. The van der Waals surface area contributed by atoms with E-state index in [1.807, 2.05) is 0 Å². The van der Waals surface area contributed by atoms with Crippen LogP contribution in [0.3, 0.4) is 0 Å². The molecule has 3 heterocycles. The Morgan fingerprint density at radius 2 is 2.05 bits per heavy atom. The van der Waals surface area contributed by atoms with Gasteiger partial charge in [-0.3, -0.25) is 4.90 Å². The van der Waals surface area contributed by atoms with Crippen molar-refractivity contribution in [1.29, 1.82) is 0 Å². The molecule has 3 fully saturated rings. The lowest BCUT2D eigenvalue weighted by atomic mass is 9.93. The van der Waals surface area contributed by atoms with Crippen molar-refractivity contribution in [1.82, 2.24) is 19.4 Å². The molecule has 1 spiro atoms. The van der Waals surface area contributed by atoms with E-state index >= 15 is 0 Å². The fourth-order valence-corrected chi connectivity index (χ4v) is 4.10. The second-order valence-electron chi connectivity index (χ2n) is 7.31. The zero-order valence-electron chi connectivity index (χ0n) is 13.2. The van der Waals surface area contributed by atoms with Crippen LogP contribution in [-0.4, -0.2) is 51.7 Å². The molecular weight excluding hydrogens is 274 g/mol. The predicted molar refractivity (Wildman–Crippen MR) is 87.2 cm³/mol. The maximum absolute atomic E-state index is 4.65. The summed E-state index contributed by atoms with van der Waals surface area (Å²) in [6, 6.07) is 2.88. The Hall–Kier alpha value is -1.62. The summed E-state index contributed by atoms with van der Waals surface area (Å²) in [4.78, 5) is 14.3. The van der Waals surface area contributed by atoms with Gasteiger partial charge in [-0.05, 0) is 45.2 Å². The molecule has 0 radical (unpaired) electrons. The minimum absolute atomic E-state index is 0.423. The first-order valence-electron chi connectivity index (χ1n) is 8.55. The van der Waals surface area contributed by atoms with Crippen molar-refractivity contribution in [2.75, 3.05) is 31.6 Å². The van der Waals surface area contributed by atoms with E-state index in [1.165, 1.54) is 37.5 Å². The van der Waals surface area contributed by atoms with Gasteiger partial charge in [0.15, 0.2) is 0 Å². The van der Waals surface area contributed by atoms with E-state index < -0.39 is 0 Å². The Morgan fingerprint density at radius 3 is 2.77 bits per heavy atom. The van der Waals surface area contributed by atoms with Crippen molar-refractivity contribution in [3.05, 3.63) is 18.6 Å². The molecule has 0 amide bonds. The summed E-state index contributed by atoms with van der Waals surface area (Å²) in [5, 5.41) is 1.23. The van der Waals surface area contributed by atoms with Gasteiger partial charge in [-0.1, -0.05) is 0 Å². The van der Waals surface area contributed by atoms with Gasteiger partial charge in [0.2, 0.25) is 0 Å². The number of hydrogen-bond donors (Lipinski definition) is 0. The lowest BCUT2D eigenvalue weighted by Gasteiger charge is -2.40. The average Bonchev–Trinajstić information content (AvgIpc) is 3.13. The number of piperazine rings is 1. The second-order valence-corrected chi connectivity index (χ2v) is 7.31. The van der Waals surface area contributed by atoms with Gasteiger partial charge < -0.3 is 9.47 Å². The molecule has 2 aliphatic carbocycles. The fourth-order valence-electron chi connectivity index (χ4n) is 4.10. The molecule has 0 atom stereocenters. The van der Waals surface area contributed by atoms with Crippen LogP contribution < -0.4 is 4.90 Å². The van der Waals surface area contributed by atoms with E-state index in [1.54, 1.807) is 6.33 Å². The lowest BCUT2D eigenvalue weighted by molar-refractivity contribution is 0.198. The molecule has 0 unspecified atom stereocenters. The van der Waals surface area contributed by atoms with Crippen LogP contribution >= 0.6 is 0 Å². The van der Waals surface area contributed by atoms with Gasteiger partial charge in [-0.25, -0.2) is 9.97 Å². The average molecular weight is 297 g/mol. The fraction of sp³-hybridized carbons (Fsp3) is 0.647. The van der Waals surface area contributed by atoms with Gasteiger partial charge in [0, 0.05) is 37.4 Å². The van der Waals surface area contributed by atoms with Crippen molar-refractivity contribution in [2.45, 2.75) is 43.7 Å². The first-order valence-corrected chi connectivity index (χ1v) is 8.55. The van der Waals surface area contributed by atoms with Crippen molar-refractivity contribution >= 4 is 16.9 Å². The number of aromatic nitrogens is 3. The third-order valence-corrected chi connectivity index (χ3v) is 6.08. The van der Waals surface area contributed by atoms with Gasteiger partial charge in [-0.15, -0.1) is 0 Å². The van der Waals surface area contributed by atoms with Crippen LogP contribution in [0.15, 0.2) is 18.6 Å². The Balaban J connectivity index is 1.53. The van der Waals surface area contributed by atoms with Crippen molar-refractivity contribution in [3.8, 4) is 0 Å². The first kappa shape index (κ1) is 12.9. The predicted octanol–water partition coefficient (Wildman–Crippen LogP) is 2.44. The topological polar surface area (TPSA) is 37.2 Å². The molecule has 1 aliphatic heterocycles. The Labute approximate surface area is 130 Å². The van der Waals surface area contributed by atoms with Crippen LogP contribution in [0.1, 0.15) is 38.1 Å². The highest BCUT2D eigenvalue weighted by atomic mass is 15.3. The van der Waals surface area contributed by atoms with Crippen LogP contribution in [0, 0.1) is 0 Å². The molecule has 5 nitrogen and oxygen atoms in total. The molecule has 0 bridgehead atoms. The number of rotatable bonds is 2. The summed E-state index contributed by atoms with van der Waals surface area (Å²) >= 11 is 0. The van der Waals surface area contributed by atoms with Gasteiger partial charge >= 0.3 is 0 Å². The minimum Gasteiger partial charge on any atom is -0.353 e. The van der Waals surface area contributed by atoms with Gasteiger partial charge in [0.25, 0.3) is 0 Å². The third-order valence-electron chi connectivity index (χ3n) is 6.08. The van der Waals surface area contributed by atoms with Crippen LogP contribution in [0.4, 0.5) is 5.82 Å². The van der Waals surface area contributed by atoms with E-state index in [4.69, 9.17) is 0 Å². The summed E-state index contributed by atoms with van der Waals surface area (Å²) in [7, 11) is 2.27. The largest absolute Gasteiger partial charge is 0.353 e. The third kappa shape index (κ3) is 1.75. The standard InChI is InChI=1S/C17H23N5/c1-20-9-10-21(11-17(20)6-7-17)15-14-5-8-22(13-3-2-4-13)16(14)19-12-18-15/h5,8,12-13H,2-4,6-7,9-11H2,1H3. The summed E-state index contributed by atoms with van der Waals surface area (Å²) in [6.07, 6.45) is 10.6. The van der Waals surface area contributed by atoms with Crippen LogP contribution in [0.25, 0.3) is 11.0 Å². The highest BCUT2D eigenvalue weighted by Gasteiger charge is 2.49. The highest BCUT2D eigenvalue weighted by Crippen LogP contribution is 2.44. The molecule has 116 valence electrons. The summed E-state index contributed by atoms with van der Waals surface area (Å²) in [5.41, 5.74) is 1.55. The molecule has 0 aromatic carbocycles. The van der Waals surface area contributed by atoms with E-state index in [0.717, 1.165) is 31.1 Å². The van der Waals surface area contributed by atoms with E-state index in [9.17, 15) is 0 Å². The Bertz CT molecular complexity index is 713. The van der Waals surface area contributed by atoms with Gasteiger partial charge in [-0.2, -0.15) is 0 Å². The van der Waals surface area contributed by atoms with E-state index in [-0.39, 0.29) is 0 Å². The Morgan fingerprint density at radius 1 is 1.18 bits per heavy atom. The SMILES string of the molecule is CN1CCN(c2ncnc3c2ccn3C2CCC2)CC12CC2. The number of anilines is 1. The summed E-state index contributed by atoms with van der Waals surface area (Å²) in [6.45, 7) is 3.32. The molecule has 3 aliphatic rings. The zero-order valence-corrected chi connectivity index (χ0v) is 13.2. The molecule has 2 aromatic heterocycles. The van der Waals surface area contributed by atoms with Crippen molar-refractivity contribution in [3.63, 3.8) is 0 Å². The zero-order chi connectivity index (χ0) is 14.7. The van der Waals surface area contributed by atoms with Crippen LogP contribution in [0.5, 0.6) is 0 Å². The molecule has 2 aromatic rings. The maximum atomic E-state index is 4.65. The molecule has 2 saturated carbocycles. The molecule has 5 heteroatoms. The summed E-state index contributed by atoms with van der Waals surface area (Å²) in [5.74, 6) is 1.14. The van der Waals surface area contributed by atoms with E-state index in [0.29, 0.717) is 11.6 Å². The molecular formula is C17H23N5. The number of likely N-dealkylation sites (N-methyl/N-ethyl adjacent to an activating group) is 1. The maximum Gasteiger partial charge on any atom is 0.145 e. The molecule has 0 N–H and O–H groups in total. The van der Waals surface area contributed by atoms with E-state index in [2.05, 4.69) is 43.6 Å². The summed E-state index contributed by atoms with van der Waals surface area (Å²) < 4.78 is 2.37. The van der Waals surface area contributed by atoms with Crippen LogP contribution in [0.2, 0.25) is 0 Å². The van der Waals surface area contributed by atoms with Crippen molar-refractivity contribution in [2.24, 2.45) is 0 Å². The number of hydrogen-bond acceptors (Lipinski definition) is 4. The molecule has 1 saturated heterocycles. The van der Waals surface area contributed by atoms with Gasteiger partial charge in [0.1, 0.15) is 17.8 Å². The lowest BCUT2D eigenvalue weighted by Crippen LogP contribution is -2.53. The normalized spacial score (nSPS) is 24.9. The Kier molecular flexibility index (Phi) is 2.60. The molecule has 5 rings (SSSR count). The number of nitrogens with zero attached hydrogens (tertiary/aromatic N) is 5. The van der Waals surface area contributed by atoms with Crippen LogP contribution in [-0.2, 0) is 0 Å². The smallest absolute Gasteiger partial charge is 0.145 e. The monoisotopic (exact) mass is 297 g/mol. The number of fused-ring (bicyclic) bond motifs is 1. The molecule has 22 heavy (non-hydrogen) atoms.